The van der Waals surface area contributed by atoms with Crippen molar-refractivity contribution in [1.29, 1.82) is 0 Å². The molecule has 0 saturated heterocycles. The van der Waals surface area contributed by atoms with Crippen LogP contribution in [0.5, 0.6) is 0 Å². The van der Waals surface area contributed by atoms with Crippen molar-refractivity contribution in [3.05, 3.63) is 70.8 Å². The van der Waals surface area contributed by atoms with E-state index in [0.29, 0.717) is 6.29 Å². The molecule has 0 radical (unpaired) electrons. The molecule has 0 fully saturated rings. The van der Waals surface area contributed by atoms with Gasteiger partial charge in [-0.1, -0.05) is 48.5 Å². The molecule has 1 amide bonds. The van der Waals surface area contributed by atoms with Crippen molar-refractivity contribution in [2.24, 2.45) is 0 Å². The number of aldehydes is 1. The Balaban J connectivity index is 1.85. The number of nitrogens with one attached hydrogen (secondary N) is 1. The van der Waals surface area contributed by atoms with Gasteiger partial charge in [-0.3, -0.25) is 9.00 Å². The first-order chi connectivity index (χ1) is 12.6. The van der Waals surface area contributed by atoms with Crippen LogP contribution in [0.4, 0.5) is 0 Å². The van der Waals surface area contributed by atoms with Crippen LogP contribution in [0.2, 0.25) is 0 Å². The lowest BCUT2D eigenvalue weighted by molar-refractivity contribution is -0.123. The molecule has 2 unspecified atom stereocenters. The molecule has 2 atom stereocenters. The fourth-order valence-electron chi connectivity index (χ4n) is 3.43. The molecular formula is C21H23NO3S. The van der Waals surface area contributed by atoms with Gasteiger partial charge in [-0.25, -0.2) is 0 Å². The Labute approximate surface area is 156 Å². The fourth-order valence-corrected chi connectivity index (χ4v) is 5.08. The Morgan fingerprint density at radius 1 is 1.12 bits per heavy atom. The van der Waals surface area contributed by atoms with Gasteiger partial charge in [0.2, 0.25) is 5.91 Å². The second-order valence-corrected chi connectivity index (χ2v) is 8.25. The van der Waals surface area contributed by atoms with Crippen LogP contribution in [0.25, 0.3) is 0 Å². The van der Waals surface area contributed by atoms with Gasteiger partial charge in [-0.05, 0) is 42.0 Å². The molecule has 0 aliphatic heterocycles. The minimum atomic E-state index is -1.23. The maximum absolute atomic E-state index is 13.2. The zero-order valence-corrected chi connectivity index (χ0v) is 15.6. The van der Waals surface area contributed by atoms with Crippen LogP contribution in [0.3, 0.4) is 0 Å². The summed E-state index contributed by atoms with van der Waals surface area (Å²) < 4.78 is 13.2. The van der Waals surface area contributed by atoms with E-state index >= 15 is 0 Å². The molecule has 26 heavy (non-hydrogen) atoms. The highest BCUT2D eigenvalue weighted by atomic mass is 32.2. The highest BCUT2D eigenvalue weighted by Crippen LogP contribution is 2.36. The zero-order chi connectivity index (χ0) is 18.5. The molecule has 5 heteroatoms. The van der Waals surface area contributed by atoms with Crippen molar-refractivity contribution < 1.29 is 13.8 Å². The van der Waals surface area contributed by atoms with Gasteiger partial charge >= 0.3 is 0 Å². The van der Waals surface area contributed by atoms with Crippen LogP contribution in [-0.4, -0.2) is 28.2 Å². The van der Waals surface area contributed by atoms with Gasteiger partial charge < -0.3 is 10.1 Å². The normalized spacial score (nSPS) is 15.9. The zero-order valence-electron chi connectivity index (χ0n) is 14.8. The summed E-state index contributed by atoms with van der Waals surface area (Å²) in [5.74, 6) is 0.0261. The lowest BCUT2D eigenvalue weighted by atomic mass is 10.00. The predicted molar refractivity (Wildman–Crippen MR) is 103 cm³/mol. The van der Waals surface area contributed by atoms with Crippen molar-refractivity contribution in [3.63, 3.8) is 0 Å². The van der Waals surface area contributed by atoms with Crippen molar-refractivity contribution in [2.45, 2.75) is 37.5 Å². The Kier molecular flexibility index (Phi) is 5.99. The monoisotopic (exact) mass is 369 g/mol. The molecule has 3 rings (SSSR count). The smallest absolute Gasteiger partial charge is 0.221 e. The molecule has 2 aromatic carbocycles. The SMILES string of the molecule is CC(C=O)NC(=O)CCS(=O)C1c2ccccc2CCc2ccccc21. The van der Waals surface area contributed by atoms with Gasteiger partial charge in [-0.2, -0.15) is 0 Å². The average molecular weight is 369 g/mol. The number of carbonyl (C=O) groups excluding carboxylic acids is 2. The molecule has 0 saturated carbocycles. The van der Waals surface area contributed by atoms with Gasteiger partial charge in [0.1, 0.15) is 6.29 Å². The summed E-state index contributed by atoms with van der Waals surface area (Å²) in [6.07, 6.45) is 2.69. The lowest BCUT2D eigenvalue weighted by Gasteiger charge is -2.20. The van der Waals surface area contributed by atoms with Crippen molar-refractivity contribution in [1.82, 2.24) is 5.32 Å². The van der Waals surface area contributed by atoms with Crippen LogP contribution in [0, 0.1) is 0 Å². The molecule has 1 N–H and O–H groups in total. The minimum absolute atomic E-state index is 0.144. The number of carbonyl (C=O) groups is 2. The van der Waals surface area contributed by atoms with E-state index in [0.717, 1.165) is 24.0 Å². The minimum Gasteiger partial charge on any atom is -0.347 e. The average Bonchev–Trinajstić information content (AvgIpc) is 2.83. The summed E-state index contributed by atoms with van der Waals surface area (Å²) in [7, 11) is -1.23. The number of hydrogen-bond donors (Lipinski definition) is 1. The Bertz CT molecular complexity index is 786. The standard InChI is InChI=1S/C21H23NO3S/c1-15(14-23)22-20(24)12-13-26(25)21-18-8-4-2-6-16(18)10-11-17-7-3-5-9-19(17)21/h2-9,14-15,21H,10-13H2,1H3,(H,22,24). The van der Waals surface area contributed by atoms with Gasteiger partial charge in [-0.15, -0.1) is 0 Å². The summed E-state index contributed by atoms with van der Waals surface area (Å²) in [4.78, 5) is 22.6. The Morgan fingerprint density at radius 3 is 2.19 bits per heavy atom. The number of benzene rings is 2. The van der Waals surface area contributed by atoms with Crippen LogP contribution in [0.15, 0.2) is 48.5 Å². The van der Waals surface area contributed by atoms with E-state index in [2.05, 4.69) is 29.6 Å². The fraction of sp³-hybridized carbons (Fsp3) is 0.333. The topological polar surface area (TPSA) is 63.2 Å². The predicted octanol–water partition coefficient (Wildman–Crippen LogP) is 2.72. The number of hydrogen-bond acceptors (Lipinski definition) is 3. The largest absolute Gasteiger partial charge is 0.347 e. The molecular weight excluding hydrogens is 346 g/mol. The number of rotatable bonds is 6. The van der Waals surface area contributed by atoms with E-state index < -0.39 is 16.8 Å². The summed E-state index contributed by atoms with van der Waals surface area (Å²) in [6.45, 7) is 1.62. The highest BCUT2D eigenvalue weighted by Gasteiger charge is 2.28. The molecule has 0 bridgehead atoms. The Hall–Kier alpha value is -2.27. The molecule has 0 heterocycles. The third-order valence-electron chi connectivity index (χ3n) is 4.72. The number of aryl methyl sites for hydroxylation is 2. The first-order valence-electron chi connectivity index (χ1n) is 8.87. The second-order valence-electron chi connectivity index (χ2n) is 6.60. The third-order valence-corrected chi connectivity index (χ3v) is 6.36. The highest BCUT2D eigenvalue weighted by molar-refractivity contribution is 7.85. The first-order valence-corrected chi connectivity index (χ1v) is 10.3. The van der Waals surface area contributed by atoms with Crippen molar-refractivity contribution >= 4 is 23.0 Å². The second kappa shape index (κ2) is 8.41. The van der Waals surface area contributed by atoms with Gasteiger partial charge in [0.15, 0.2) is 0 Å². The molecule has 4 nitrogen and oxygen atoms in total. The van der Waals surface area contributed by atoms with Crippen LogP contribution in [-0.2, 0) is 33.2 Å². The van der Waals surface area contributed by atoms with E-state index in [4.69, 9.17) is 0 Å². The van der Waals surface area contributed by atoms with E-state index in [1.54, 1.807) is 6.92 Å². The van der Waals surface area contributed by atoms with Crippen LogP contribution < -0.4 is 5.32 Å². The molecule has 0 aromatic heterocycles. The lowest BCUT2D eigenvalue weighted by Crippen LogP contribution is -2.34. The van der Waals surface area contributed by atoms with Gasteiger partial charge in [0, 0.05) is 23.0 Å². The summed E-state index contributed by atoms with van der Waals surface area (Å²) in [5.41, 5.74) is 4.64. The summed E-state index contributed by atoms with van der Waals surface area (Å²) in [5, 5.41) is 2.38. The first kappa shape index (κ1) is 18.5. The van der Waals surface area contributed by atoms with Crippen LogP contribution >= 0.6 is 0 Å². The van der Waals surface area contributed by atoms with E-state index in [1.807, 2.05) is 24.3 Å². The molecule has 2 aromatic rings. The molecule has 0 spiro atoms. The van der Waals surface area contributed by atoms with E-state index in [-0.39, 0.29) is 23.3 Å². The molecule has 1 aliphatic carbocycles. The van der Waals surface area contributed by atoms with Crippen LogP contribution in [0.1, 0.15) is 40.8 Å². The molecule has 1 aliphatic rings. The summed E-state index contributed by atoms with van der Waals surface area (Å²) >= 11 is 0. The van der Waals surface area contributed by atoms with Crippen molar-refractivity contribution in [3.8, 4) is 0 Å². The third kappa shape index (κ3) is 4.10. The quantitative estimate of drug-likeness (QED) is 0.797. The maximum atomic E-state index is 13.2. The van der Waals surface area contributed by atoms with E-state index in [1.165, 1.54) is 11.1 Å². The summed E-state index contributed by atoms with van der Waals surface area (Å²) in [6, 6.07) is 15.8. The Morgan fingerprint density at radius 2 is 1.65 bits per heavy atom. The number of fused-ring (bicyclic) bond motifs is 2. The maximum Gasteiger partial charge on any atom is 0.221 e. The van der Waals surface area contributed by atoms with Gasteiger partial charge in [0.05, 0.1) is 11.3 Å². The van der Waals surface area contributed by atoms with Gasteiger partial charge in [0.25, 0.3) is 0 Å². The molecule has 136 valence electrons. The number of amides is 1. The van der Waals surface area contributed by atoms with E-state index in [9.17, 15) is 13.8 Å². The van der Waals surface area contributed by atoms with Crippen molar-refractivity contribution in [2.75, 3.05) is 5.75 Å².